The van der Waals surface area contributed by atoms with Crippen LogP contribution in [0.25, 0.3) is 0 Å². The normalized spacial score (nSPS) is 10.0. The molecule has 0 aliphatic rings. The Balaban J connectivity index is 0.000000284. The first-order chi connectivity index (χ1) is 7.86. The Kier molecular flexibility index (Phi) is 8.98. The van der Waals surface area contributed by atoms with Crippen LogP contribution in [0.15, 0.2) is 46.6 Å². The van der Waals surface area contributed by atoms with Gasteiger partial charge in [0.1, 0.15) is 0 Å². The third-order valence-corrected chi connectivity index (χ3v) is 1.68. The van der Waals surface area contributed by atoms with Crippen molar-refractivity contribution in [2.45, 2.75) is 0 Å². The second kappa shape index (κ2) is 9.79. The van der Waals surface area contributed by atoms with Crippen LogP contribution >= 0.6 is 0 Å². The smallest absolute Gasteiger partial charge is 0.663 e. The van der Waals surface area contributed by atoms with E-state index in [1.165, 1.54) is 0 Å². The van der Waals surface area contributed by atoms with Gasteiger partial charge in [-0.1, -0.05) is 24.3 Å². The zero-order valence-electron chi connectivity index (χ0n) is 9.72. The summed E-state index contributed by atoms with van der Waals surface area (Å²) in [6.45, 7) is 0. The minimum atomic E-state index is 0. The Hall–Kier alpha value is -1.41. The fourth-order valence-electron chi connectivity index (χ4n) is 1.04. The van der Waals surface area contributed by atoms with Crippen molar-refractivity contribution in [1.29, 1.82) is 0 Å². The molecule has 17 heavy (non-hydrogen) atoms. The molecule has 0 unspecified atom stereocenters. The van der Waals surface area contributed by atoms with Crippen molar-refractivity contribution in [3.8, 4) is 0 Å². The molecular weight excluding hydrogens is 395 g/mol. The maximum Gasteiger partial charge on any atom is 2.00 e. The molecule has 2 aromatic heterocycles. The van der Waals surface area contributed by atoms with Crippen molar-refractivity contribution < 1.29 is 21.1 Å². The van der Waals surface area contributed by atoms with Gasteiger partial charge in [0, 0.05) is 26.5 Å². The molecule has 0 bridgehead atoms. The minimum absolute atomic E-state index is 0. The second-order valence-electron chi connectivity index (χ2n) is 2.90. The van der Waals surface area contributed by atoms with Gasteiger partial charge in [-0.25, -0.2) is 0 Å². The van der Waals surface area contributed by atoms with E-state index in [1.807, 2.05) is 24.3 Å². The van der Waals surface area contributed by atoms with Crippen LogP contribution in [0.1, 0.15) is 11.4 Å². The molecule has 0 spiro atoms. The SMILES string of the molecule is CN=Cc1ccc[n-]1.CN=Cc1ccc[n-]1.[Pt+2]. The predicted octanol–water partition coefficient (Wildman–Crippen LogP) is 1.38. The van der Waals surface area contributed by atoms with E-state index in [4.69, 9.17) is 0 Å². The zero-order chi connectivity index (χ0) is 11.6. The number of rotatable bonds is 2. The van der Waals surface area contributed by atoms with E-state index >= 15 is 0 Å². The van der Waals surface area contributed by atoms with E-state index in [1.54, 1.807) is 38.9 Å². The van der Waals surface area contributed by atoms with Crippen LogP contribution in [0, 0.1) is 0 Å². The molecule has 2 heterocycles. The van der Waals surface area contributed by atoms with Crippen LogP contribution in [0.5, 0.6) is 0 Å². The van der Waals surface area contributed by atoms with Gasteiger partial charge in [-0.15, -0.1) is 11.4 Å². The fraction of sp³-hybridized carbons (Fsp3) is 0.167. The Bertz CT molecular complexity index is 373. The molecule has 0 aliphatic carbocycles. The summed E-state index contributed by atoms with van der Waals surface area (Å²) in [5.74, 6) is 0. The second-order valence-corrected chi connectivity index (χ2v) is 2.90. The van der Waals surface area contributed by atoms with Crippen LogP contribution < -0.4 is 9.97 Å². The Morgan fingerprint density at radius 1 is 0.882 bits per heavy atom. The fourth-order valence-corrected chi connectivity index (χ4v) is 1.04. The van der Waals surface area contributed by atoms with E-state index in [9.17, 15) is 0 Å². The number of aromatic nitrogens is 2. The van der Waals surface area contributed by atoms with Crippen molar-refractivity contribution in [1.82, 2.24) is 9.97 Å². The molecule has 2 rings (SSSR count). The molecular formula is C12H14N4Pt. The summed E-state index contributed by atoms with van der Waals surface area (Å²) in [6, 6.07) is 7.59. The Morgan fingerprint density at radius 3 is 1.53 bits per heavy atom. The largest absolute Gasteiger partial charge is 2.00 e. The van der Waals surface area contributed by atoms with Crippen molar-refractivity contribution in [3.63, 3.8) is 0 Å². The van der Waals surface area contributed by atoms with Crippen molar-refractivity contribution in [3.05, 3.63) is 48.0 Å². The average molecular weight is 409 g/mol. The van der Waals surface area contributed by atoms with Crippen molar-refractivity contribution in [2.75, 3.05) is 14.1 Å². The summed E-state index contributed by atoms with van der Waals surface area (Å²) in [6.07, 6.45) is 6.94. The minimum Gasteiger partial charge on any atom is -0.663 e. The Labute approximate surface area is 116 Å². The molecule has 92 valence electrons. The summed E-state index contributed by atoms with van der Waals surface area (Å²) >= 11 is 0. The number of aliphatic imine (C=N–C) groups is 2. The number of nitrogens with zero attached hydrogens (tertiary/aromatic N) is 4. The molecule has 5 heteroatoms. The molecule has 4 nitrogen and oxygen atoms in total. The van der Waals surface area contributed by atoms with Gasteiger partial charge in [-0.2, -0.15) is 12.4 Å². The standard InChI is InChI=1S/2C6H7N2.Pt/c2*1-7-5-6-3-2-4-8-6;/h2*2-5H,1H3;/q2*-1;+2. The van der Waals surface area contributed by atoms with Crippen LogP contribution in [-0.2, 0) is 21.1 Å². The van der Waals surface area contributed by atoms with Gasteiger partial charge in [0.15, 0.2) is 0 Å². The van der Waals surface area contributed by atoms with Gasteiger partial charge >= 0.3 is 21.1 Å². The summed E-state index contributed by atoms with van der Waals surface area (Å²) in [7, 11) is 3.46. The third-order valence-electron chi connectivity index (χ3n) is 1.68. The van der Waals surface area contributed by atoms with Gasteiger partial charge in [-0.05, 0) is 0 Å². The van der Waals surface area contributed by atoms with Crippen LogP contribution in [0.4, 0.5) is 0 Å². The maximum atomic E-state index is 3.96. The van der Waals surface area contributed by atoms with Crippen LogP contribution in [-0.4, -0.2) is 26.5 Å². The molecule has 0 saturated heterocycles. The number of hydrogen-bond donors (Lipinski definition) is 0. The molecule has 0 amide bonds. The first-order valence-electron chi connectivity index (χ1n) is 4.86. The molecule has 0 aromatic carbocycles. The van der Waals surface area contributed by atoms with Crippen LogP contribution in [0.3, 0.4) is 0 Å². The van der Waals surface area contributed by atoms with Gasteiger partial charge in [0.05, 0.1) is 0 Å². The Morgan fingerprint density at radius 2 is 1.29 bits per heavy atom. The predicted molar refractivity (Wildman–Crippen MR) is 66.6 cm³/mol. The van der Waals surface area contributed by atoms with Crippen molar-refractivity contribution in [2.24, 2.45) is 9.98 Å². The number of hydrogen-bond acceptors (Lipinski definition) is 2. The molecule has 0 fully saturated rings. The van der Waals surface area contributed by atoms with E-state index in [0.717, 1.165) is 11.4 Å². The molecule has 0 radical (unpaired) electrons. The first-order valence-corrected chi connectivity index (χ1v) is 4.86. The molecule has 0 saturated carbocycles. The van der Waals surface area contributed by atoms with Gasteiger partial charge in [-0.3, -0.25) is 9.98 Å². The van der Waals surface area contributed by atoms with Gasteiger partial charge in [0.25, 0.3) is 0 Å². The summed E-state index contributed by atoms with van der Waals surface area (Å²) < 4.78 is 0. The zero-order valence-corrected chi connectivity index (χ0v) is 12.0. The summed E-state index contributed by atoms with van der Waals surface area (Å²) in [5, 5.41) is 0. The van der Waals surface area contributed by atoms with Gasteiger partial charge < -0.3 is 9.97 Å². The van der Waals surface area contributed by atoms with Gasteiger partial charge in [0.2, 0.25) is 0 Å². The van der Waals surface area contributed by atoms with Crippen LogP contribution in [0.2, 0.25) is 0 Å². The average Bonchev–Trinajstić information content (AvgIpc) is 2.92. The summed E-state index contributed by atoms with van der Waals surface area (Å²) in [4.78, 5) is 15.5. The van der Waals surface area contributed by atoms with E-state index in [0.29, 0.717) is 0 Å². The monoisotopic (exact) mass is 409 g/mol. The topological polar surface area (TPSA) is 52.9 Å². The summed E-state index contributed by atoms with van der Waals surface area (Å²) in [5.41, 5.74) is 1.85. The van der Waals surface area contributed by atoms with Crippen molar-refractivity contribution >= 4 is 12.4 Å². The molecule has 0 atom stereocenters. The maximum absolute atomic E-state index is 3.96. The third kappa shape index (κ3) is 6.69. The first kappa shape index (κ1) is 15.6. The van der Waals surface area contributed by atoms with E-state index < -0.39 is 0 Å². The quantitative estimate of drug-likeness (QED) is 0.704. The molecule has 2 aromatic rings. The molecule has 0 aliphatic heterocycles. The molecule has 0 N–H and O–H groups in total. The van der Waals surface area contributed by atoms with E-state index in [2.05, 4.69) is 20.0 Å². The van der Waals surface area contributed by atoms with E-state index in [-0.39, 0.29) is 21.1 Å².